The fourth-order valence-corrected chi connectivity index (χ4v) is 1.71. The molecule has 0 aliphatic carbocycles. The Hall–Kier alpha value is -2.69. The number of anilines is 2. The van der Waals surface area contributed by atoms with Gasteiger partial charge in [-0.15, -0.1) is 0 Å². The maximum Gasteiger partial charge on any atom is 0.155 e. The highest BCUT2D eigenvalue weighted by molar-refractivity contribution is 5.56. The number of nitrogens with zero attached hydrogens (tertiary/aromatic N) is 3. The zero-order valence-corrected chi connectivity index (χ0v) is 9.99. The van der Waals surface area contributed by atoms with E-state index in [1.54, 1.807) is 23.0 Å². The monoisotopic (exact) mass is 254 g/mol. The first-order valence-corrected chi connectivity index (χ1v) is 5.81. The molecule has 94 valence electrons. The number of aromatic nitrogens is 3. The van der Waals surface area contributed by atoms with Crippen molar-refractivity contribution in [3.63, 3.8) is 0 Å². The number of halogens is 1. The quantitative estimate of drug-likeness (QED) is 0.780. The van der Waals surface area contributed by atoms with Gasteiger partial charge in [0.15, 0.2) is 5.82 Å². The summed E-state index contributed by atoms with van der Waals surface area (Å²) in [6.45, 7) is 0. The molecule has 3 aromatic rings. The molecule has 5 heteroatoms. The van der Waals surface area contributed by atoms with Crippen LogP contribution < -0.4 is 5.32 Å². The molecule has 0 bridgehead atoms. The van der Waals surface area contributed by atoms with Crippen LogP contribution in [0.5, 0.6) is 0 Å². The lowest BCUT2D eigenvalue weighted by atomic mass is 10.3. The molecule has 0 saturated carbocycles. The summed E-state index contributed by atoms with van der Waals surface area (Å²) in [5.41, 5.74) is 0.784. The van der Waals surface area contributed by atoms with Crippen molar-refractivity contribution in [2.24, 2.45) is 0 Å². The fourth-order valence-electron chi connectivity index (χ4n) is 1.71. The molecule has 19 heavy (non-hydrogen) atoms. The van der Waals surface area contributed by atoms with Gasteiger partial charge in [0.1, 0.15) is 11.6 Å². The summed E-state index contributed by atoms with van der Waals surface area (Å²) >= 11 is 0. The van der Waals surface area contributed by atoms with Crippen molar-refractivity contribution in [3.8, 4) is 5.82 Å². The van der Waals surface area contributed by atoms with Crippen LogP contribution in [-0.2, 0) is 0 Å². The van der Waals surface area contributed by atoms with Gasteiger partial charge in [0, 0.05) is 18.1 Å². The third-order valence-electron chi connectivity index (χ3n) is 2.59. The van der Waals surface area contributed by atoms with Crippen LogP contribution in [0, 0.1) is 5.82 Å². The van der Waals surface area contributed by atoms with Gasteiger partial charge in [-0.2, -0.15) is 5.10 Å². The van der Waals surface area contributed by atoms with Gasteiger partial charge >= 0.3 is 0 Å². The van der Waals surface area contributed by atoms with Crippen LogP contribution in [0.4, 0.5) is 15.9 Å². The molecule has 1 N–H and O–H groups in total. The van der Waals surface area contributed by atoms with E-state index in [0.717, 1.165) is 11.5 Å². The van der Waals surface area contributed by atoms with Crippen LogP contribution in [0.3, 0.4) is 0 Å². The fraction of sp³-hybridized carbons (Fsp3) is 0. The third kappa shape index (κ3) is 2.60. The highest BCUT2D eigenvalue weighted by Crippen LogP contribution is 2.16. The van der Waals surface area contributed by atoms with Crippen LogP contribution in [0.25, 0.3) is 5.82 Å². The first-order valence-electron chi connectivity index (χ1n) is 5.81. The highest BCUT2D eigenvalue weighted by atomic mass is 19.1. The summed E-state index contributed by atoms with van der Waals surface area (Å²) in [4.78, 5) is 4.43. The SMILES string of the molecule is Fc1ccc(Nc2cccc(-n3cccn3)n2)cc1. The number of hydrogen-bond acceptors (Lipinski definition) is 3. The Morgan fingerprint density at radius 2 is 1.84 bits per heavy atom. The normalized spacial score (nSPS) is 10.4. The largest absolute Gasteiger partial charge is 0.340 e. The lowest BCUT2D eigenvalue weighted by molar-refractivity contribution is 0.628. The second-order valence-electron chi connectivity index (χ2n) is 3.96. The van der Waals surface area contributed by atoms with Gasteiger partial charge in [0.05, 0.1) is 0 Å². The minimum Gasteiger partial charge on any atom is -0.340 e. The Morgan fingerprint density at radius 3 is 2.58 bits per heavy atom. The molecule has 0 radical (unpaired) electrons. The molecule has 0 amide bonds. The minimum atomic E-state index is -0.260. The van der Waals surface area contributed by atoms with Crippen LogP contribution in [0.2, 0.25) is 0 Å². The van der Waals surface area contributed by atoms with Crippen molar-refractivity contribution < 1.29 is 4.39 Å². The van der Waals surface area contributed by atoms with E-state index in [0.29, 0.717) is 5.82 Å². The minimum absolute atomic E-state index is 0.260. The summed E-state index contributed by atoms with van der Waals surface area (Å²) in [5.74, 6) is 1.14. The summed E-state index contributed by atoms with van der Waals surface area (Å²) < 4.78 is 14.5. The molecule has 0 unspecified atom stereocenters. The molecule has 0 spiro atoms. The standard InChI is InChI=1S/C14H11FN4/c15-11-5-7-12(8-6-11)17-13-3-1-4-14(18-13)19-10-2-9-16-19/h1-10H,(H,17,18). The first kappa shape index (κ1) is 11.4. The molecule has 0 fully saturated rings. The molecule has 0 aliphatic heterocycles. The van der Waals surface area contributed by atoms with E-state index in [-0.39, 0.29) is 5.82 Å². The summed E-state index contributed by atoms with van der Waals surface area (Å²) in [7, 11) is 0. The van der Waals surface area contributed by atoms with Gasteiger partial charge in [-0.1, -0.05) is 6.07 Å². The summed E-state index contributed by atoms with van der Waals surface area (Å²) in [6, 6.07) is 13.6. The second-order valence-corrected chi connectivity index (χ2v) is 3.96. The first-order chi connectivity index (χ1) is 9.31. The van der Waals surface area contributed by atoms with Gasteiger partial charge in [-0.3, -0.25) is 0 Å². The van der Waals surface area contributed by atoms with E-state index < -0.39 is 0 Å². The number of nitrogens with one attached hydrogen (secondary N) is 1. The number of benzene rings is 1. The van der Waals surface area contributed by atoms with Crippen molar-refractivity contribution in [1.29, 1.82) is 0 Å². The van der Waals surface area contributed by atoms with Crippen molar-refractivity contribution in [2.75, 3.05) is 5.32 Å². The van der Waals surface area contributed by atoms with Crippen LogP contribution in [0.15, 0.2) is 60.9 Å². The van der Waals surface area contributed by atoms with Crippen molar-refractivity contribution in [2.45, 2.75) is 0 Å². The molecule has 0 saturated heterocycles. The van der Waals surface area contributed by atoms with Gasteiger partial charge in [0.2, 0.25) is 0 Å². The Bertz CT molecular complexity index is 662. The maximum atomic E-state index is 12.8. The maximum absolute atomic E-state index is 12.8. The lowest BCUT2D eigenvalue weighted by Gasteiger charge is -2.07. The molecular weight excluding hydrogens is 243 g/mol. The Morgan fingerprint density at radius 1 is 1.00 bits per heavy atom. The summed E-state index contributed by atoms with van der Waals surface area (Å²) in [5, 5.41) is 7.24. The Labute approximate surface area is 109 Å². The van der Waals surface area contributed by atoms with Crippen molar-refractivity contribution in [3.05, 3.63) is 66.7 Å². The van der Waals surface area contributed by atoms with E-state index in [9.17, 15) is 4.39 Å². The third-order valence-corrected chi connectivity index (χ3v) is 2.59. The van der Waals surface area contributed by atoms with Gasteiger partial charge in [0.25, 0.3) is 0 Å². The Balaban J connectivity index is 1.85. The molecule has 2 aromatic heterocycles. The molecule has 3 rings (SSSR count). The summed E-state index contributed by atoms with van der Waals surface area (Å²) in [6.07, 6.45) is 3.52. The smallest absolute Gasteiger partial charge is 0.155 e. The molecular formula is C14H11FN4. The lowest BCUT2D eigenvalue weighted by Crippen LogP contribution is -2.00. The second kappa shape index (κ2) is 4.89. The molecule has 0 atom stereocenters. The van der Waals surface area contributed by atoms with Crippen LogP contribution in [-0.4, -0.2) is 14.8 Å². The molecule has 4 nitrogen and oxygen atoms in total. The molecule has 1 aromatic carbocycles. The van der Waals surface area contributed by atoms with E-state index >= 15 is 0 Å². The predicted molar refractivity (Wildman–Crippen MR) is 71.0 cm³/mol. The van der Waals surface area contributed by atoms with E-state index in [1.165, 1.54) is 12.1 Å². The van der Waals surface area contributed by atoms with Gasteiger partial charge < -0.3 is 5.32 Å². The van der Waals surface area contributed by atoms with Crippen molar-refractivity contribution in [1.82, 2.24) is 14.8 Å². The van der Waals surface area contributed by atoms with E-state index in [2.05, 4.69) is 15.4 Å². The van der Waals surface area contributed by atoms with Gasteiger partial charge in [-0.05, 0) is 42.5 Å². The zero-order valence-electron chi connectivity index (χ0n) is 9.99. The van der Waals surface area contributed by atoms with Crippen LogP contribution >= 0.6 is 0 Å². The van der Waals surface area contributed by atoms with E-state index in [1.807, 2.05) is 30.5 Å². The average molecular weight is 254 g/mol. The number of rotatable bonds is 3. The molecule has 0 aliphatic rings. The highest BCUT2D eigenvalue weighted by Gasteiger charge is 2.01. The topological polar surface area (TPSA) is 42.7 Å². The van der Waals surface area contributed by atoms with Crippen molar-refractivity contribution >= 4 is 11.5 Å². The Kier molecular flexibility index (Phi) is 2.94. The predicted octanol–water partition coefficient (Wildman–Crippen LogP) is 3.15. The molecule has 2 heterocycles. The number of hydrogen-bond donors (Lipinski definition) is 1. The number of pyridine rings is 1. The van der Waals surface area contributed by atoms with Gasteiger partial charge in [-0.25, -0.2) is 14.1 Å². The average Bonchev–Trinajstić information content (AvgIpc) is 2.96. The van der Waals surface area contributed by atoms with Crippen LogP contribution in [0.1, 0.15) is 0 Å². The zero-order chi connectivity index (χ0) is 13.1. The van der Waals surface area contributed by atoms with E-state index in [4.69, 9.17) is 0 Å².